The molecule has 1 N–H and O–H groups in total. The first-order valence-corrected chi connectivity index (χ1v) is 9.04. The van der Waals surface area contributed by atoms with Gasteiger partial charge in [-0.3, -0.25) is 4.79 Å². The van der Waals surface area contributed by atoms with E-state index in [0.29, 0.717) is 12.2 Å². The Balaban J connectivity index is 1.67. The first-order chi connectivity index (χ1) is 12.4. The summed E-state index contributed by atoms with van der Waals surface area (Å²) in [5, 5.41) is 7.40. The zero-order valence-electron chi connectivity index (χ0n) is 15.6. The van der Waals surface area contributed by atoms with E-state index in [1.807, 2.05) is 19.9 Å². The van der Waals surface area contributed by atoms with Crippen LogP contribution in [-0.4, -0.2) is 51.2 Å². The monoisotopic (exact) mass is 359 g/mol. The first kappa shape index (κ1) is 18.5. The minimum Gasteiger partial charge on any atom is -0.350 e. The predicted octanol–water partition coefficient (Wildman–Crippen LogP) is 1.86. The van der Waals surface area contributed by atoms with Crippen LogP contribution in [0.15, 0.2) is 24.3 Å². The number of rotatable bonds is 5. The van der Waals surface area contributed by atoms with Crippen molar-refractivity contribution in [1.82, 2.24) is 25.0 Å². The van der Waals surface area contributed by atoms with E-state index in [1.165, 1.54) is 6.07 Å². The van der Waals surface area contributed by atoms with E-state index < -0.39 is 0 Å². The van der Waals surface area contributed by atoms with Gasteiger partial charge in [-0.1, -0.05) is 12.1 Å². The molecule has 7 heteroatoms. The number of likely N-dealkylation sites (tertiary alicyclic amines) is 1. The Hall–Kier alpha value is -2.28. The van der Waals surface area contributed by atoms with Crippen molar-refractivity contribution in [3.05, 3.63) is 47.3 Å². The lowest BCUT2D eigenvalue weighted by Gasteiger charge is -2.39. The highest BCUT2D eigenvalue weighted by molar-refractivity contribution is 5.76. The lowest BCUT2D eigenvalue weighted by atomic mass is 9.91. The average molecular weight is 359 g/mol. The summed E-state index contributed by atoms with van der Waals surface area (Å²) in [5.41, 5.74) is 0.950. The van der Waals surface area contributed by atoms with Gasteiger partial charge in [0.1, 0.15) is 24.0 Å². The molecule has 1 amide bonds. The first-order valence-electron chi connectivity index (χ1n) is 9.04. The molecule has 2 heterocycles. The maximum absolute atomic E-state index is 13.5. The summed E-state index contributed by atoms with van der Waals surface area (Å²) in [4.78, 5) is 19.0. The van der Waals surface area contributed by atoms with Gasteiger partial charge in [-0.25, -0.2) is 14.1 Å². The van der Waals surface area contributed by atoms with E-state index in [4.69, 9.17) is 0 Å². The fourth-order valence-electron chi connectivity index (χ4n) is 3.70. The normalized spacial score (nSPS) is 20.9. The van der Waals surface area contributed by atoms with E-state index in [9.17, 15) is 9.18 Å². The highest BCUT2D eigenvalue weighted by Gasteiger charge is 2.30. The second kappa shape index (κ2) is 7.95. The Morgan fingerprint density at radius 3 is 2.88 bits per heavy atom. The van der Waals surface area contributed by atoms with Gasteiger partial charge >= 0.3 is 0 Å². The van der Waals surface area contributed by atoms with Gasteiger partial charge in [0.25, 0.3) is 0 Å². The topological polar surface area (TPSA) is 63.1 Å². The Morgan fingerprint density at radius 2 is 2.19 bits per heavy atom. The number of aromatic nitrogens is 3. The molecule has 0 radical (unpaired) electrons. The molecular formula is C19H26FN5O. The van der Waals surface area contributed by atoms with Crippen molar-refractivity contribution >= 4 is 5.91 Å². The van der Waals surface area contributed by atoms with Crippen LogP contribution in [0.2, 0.25) is 0 Å². The fraction of sp³-hybridized carbons (Fsp3) is 0.526. The molecule has 6 nitrogen and oxygen atoms in total. The fourth-order valence-corrected chi connectivity index (χ4v) is 3.70. The summed E-state index contributed by atoms with van der Waals surface area (Å²) < 4.78 is 15.1. The summed E-state index contributed by atoms with van der Waals surface area (Å²) in [7, 11) is 2.06. The van der Waals surface area contributed by atoms with E-state index in [0.717, 1.165) is 30.8 Å². The maximum atomic E-state index is 13.5. The number of halogens is 1. The van der Waals surface area contributed by atoms with Gasteiger partial charge in [0.2, 0.25) is 5.91 Å². The predicted molar refractivity (Wildman–Crippen MR) is 97.2 cm³/mol. The van der Waals surface area contributed by atoms with Gasteiger partial charge in [-0.05, 0) is 64.4 Å². The summed E-state index contributed by atoms with van der Waals surface area (Å²) in [6.07, 6.45) is 2.66. The van der Waals surface area contributed by atoms with Crippen molar-refractivity contribution in [3.8, 4) is 0 Å². The largest absolute Gasteiger partial charge is 0.350 e. The van der Waals surface area contributed by atoms with Crippen molar-refractivity contribution < 1.29 is 9.18 Å². The maximum Gasteiger partial charge on any atom is 0.242 e. The van der Waals surface area contributed by atoms with Gasteiger partial charge in [-0.15, -0.1) is 0 Å². The van der Waals surface area contributed by atoms with Crippen LogP contribution in [0.4, 0.5) is 4.39 Å². The summed E-state index contributed by atoms with van der Waals surface area (Å²) in [6.45, 7) is 4.80. The Kier molecular flexibility index (Phi) is 5.66. The van der Waals surface area contributed by atoms with Crippen molar-refractivity contribution in [2.24, 2.45) is 0 Å². The lowest BCUT2D eigenvalue weighted by molar-refractivity contribution is -0.123. The summed E-state index contributed by atoms with van der Waals surface area (Å²) in [5.74, 6) is 1.10. The summed E-state index contributed by atoms with van der Waals surface area (Å²) >= 11 is 0. The number of nitrogens with one attached hydrogen (secondary N) is 1. The van der Waals surface area contributed by atoms with Crippen LogP contribution >= 0.6 is 0 Å². The van der Waals surface area contributed by atoms with Gasteiger partial charge in [0.15, 0.2) is 0 Å². The minimum absolute atomic E-state index is 0.0365. The van der Waals surface area contributed by atoms with E-state index >= 15 is 0 Å². The van der Waals surface area contributed by atoms with Crippen LogP contribution in [0.5, 0.6) is 0 Å². The zero-order chi connectivity index (χ0) is 18.7. The second-order valence-electron chi connectivity index (χ2n) is 7.06. The van der Waals surface area contributed by atoms with Crippen LogP contribution in [0.25, 0.3) is 0 Å². The van der Waals surface area contributed by atoms with Gasteiger partial charge in [0.05, 0.1) is 0 Å². The van der Waals surface area contributed by atoms with Crippen LogP contribution in [-0.2, 0) is 17.8 Å². The molecule has 1 aromatic carbocycles. The molecule has 140 valence electrons. The quantitative estimate of drug-likeness (QED) is 0.885. The number of piperidine rings is 1. The van der Waals surface area contributed by atoms with E-state index in [1.54, 1.807) is 16.8 Å². The number of carbonyl (C=O) groups excluding carboxylic acids is 1. The standard InChI is InChI=1S/C19H26FN5O/c1-13-21-14(2)25(23-13)12-19(26)22-17-8-5-9-24(3)18(17)11-15-6-4-7-16(20)10-15/h4,6-7,10,17-18H,5,8-9,11-12H2,1-3H3,(H,22,26)/t17-,18-/m0/s1. The van der Waals surface area contributed by atoms with Crippen molar-refractivity contribution in [3.63, 3.8) is 0 Å². The highest BCUT2D eigenvalue weighted by Crippen LogP contribution is 2.20. The molecule has 1 aliphatic rings. The Labute approximate surface area is 153 Å². The van der Waals surface area contributed by atoms with Crippen LogP contribution < -0.4 is 5.32 Å². The highest BCUT2D eigenvalue weighted by atomic mass is 19.1. The number of aryl methyl sites for hydroxylation is 2. The average Bonchev–Trinajstić information content (AvgIpc) is 2.88. The molecule has 1 aromatic heterocycles. The number of nitrogens with zero attached hydrogens (tertiary/aromatic N) is 4. The number of hydrogen-bond acceptors (Lipinski definition) is 4. The molecule has 1 fully saturated rings. The molecule has 3 rings (SSSR count). The van der Waals surface area contributed by atoms with Crippen LogP contribution in [0.3, 0.4) is 0 Å². The van der Waals surface area contributed by atoms with Crippen molar-refractivity contribution in [2.75, 3.05) is 13.6 Å². The van der Waals surface area contributed by atoms with Crippen LogP contribution in [0, 0.1) is 19.7 Å². The van der Waals surface area contributed by atoms with Crippen molar-refractivity contribution in [1.29, 1.82) is 0 Å². The van der Waals surface area contributed by atoms with Gasteiger partial charge in [-0.2, -0.15) is 5.10 Å². The molecule has 0 saturated carbocycles. The van der Waals surface area contributed by atoms with Crippen LogP contribution in [0.1, 0.15) is 30.1 Å². The van der Waals surface area contributed by atoms with Crippen molar-refractivity contribution in [2.45, 2.75) is 51.7 Å². The number of amides is 1. The molecule has 2 atom stereocenters. The molecule has 0 unspecified atom stereocenters. The van der Waals surface area contributed by atoms with E-state index in [2.05, 4.69) is 27.3 Å². The Bertz CT molecular complexity index is 775. The molecular weight excluding hydrogens is 333 g/mol. The zero-order valence-corrected chi connectivity index (χ0v) is 15.6. The van der Waals surface area contributed by atoms with E-state index in [-0.39, 0.29) is 30.4 Å². The summed E-state index contributed by atoms with van der Waals surface area (Å²) in [6, 6.07) is 6.88. The third-order valence-corrected chi connectivity index (χ3v) is 4.99. The third-order valence-electron chi connectivity index (χ3n) is 4.99. The molecule has 0 spiro atoms. The van der Waals surface area contributed by atoms with Gasteiger partial charge < -0.3 is 10.2 Å². The Morgan fingerprint density at radius 1 is 1.38 bits per heavy atom. The SMILES string of the molecule is Cc1nc(C)n(CC(=O)N[C@H]2CCCN(C)[C@H]2Cc2cccc(F)c2)n1. The minimum atomic E-state index is -0.224. The number of hydrogen-bond donors (Lipinski definition) is 1. The number of benzene rings is 1. The molecule has 0 bridgehead atoms. The molecule has 2 aromatic rings. The molecule has 0 aliphatic carbocycles. The molecule has 1 saturated heterocycles. The lowest BCUT2D eigenvalue weighted by Crippen LogP contribution is -2.55. The second-order valence-corrected chi connectivity index (χ2v) is 7.06. The smallest absolute Gasteiger partial charge is 0.242 e. The van der Waals surface area contributed by atoms with Gasteiger partial charge in [0, 0.05) is 12.1 Å². The number of likely N-dealkylation sites (N-methyl/N-ethyl adjacent to an activating group) is 1. The molecule has 26 heavy (non-hydrogen) atoms. The third kappa shape index (κ3) is 4.46. The molecule has 1 aliphatic heterocycles. The number of carbonyl (C=O) groups is 1.